The zero-order chi connectivity index (χ0) is 15.8. The number of hydrogen-bond donors (Lipinski definition) is 1. The van der Waals surface area contributed by atoms with E-state index in [1.54, 1.807) is 6.20 Å². The molecule has 1 N–H and O–H groups in total. The normalized spacial score (nSPS) is 27.1. The molecule has 1 amide bonds. The Bertz CT molecular complexity index is 667. The second-order valence-electron chi connectivity index (χ2n) is 6.64. The summed E-state index contributed by atoms with van der Waals surface area (Å²) in [6.07, 6.45) is 7.73. The number of aromatic nitrogens is 1. The highest BCUT2D eigenvalue weighted by molar-refractivity contribution is 5.94. The maximum atomic E-state index is 12.5. The fourth-order valence-electron chi connectivity index (χ4n) is 3.94. The summed E-state index contributed by atoms with van der Waals surface area (Å²) in [4.78, 5) is 18.9. The van der Waals surface area contributed by atoms with Gasteiger partial charge in [0.15, 0.2) is 12.2 Å². The Balaban J connectivity index is 1.41. The lowest BCUT2D eigenvalue weighted by molar-refractivity contribution is 0.0882. The number of hydrogen-bond acceptors (Lipinski definition) is 4. The van der Waals surface area contributed by atoms with E-state index < -0.39 is 0 Å². The van der Waals surface area contributed by atoms with Gasteiger partial charge in [0, 0.05) is 29.3 Å². The van der Waals surface area contributed by atoms with Crippen LogP contribution in [0.25, 0.3) is 11.3 Å². The minimum absolute atomic E-state index is 0.0167. The van der Waals surface area contributed by atoms with Crippen molar-refractivity contribution in [1.82, 2.24) is 15.2 Å². The summed E-state index contributed by atoms with van der Waals surface area (Å²) in [5.41, 5.74) is 1.62. The van der Waals surface area contributed by atoms with Gasteiger partial charge in [-0.3, -0.25) is 4.79 Å². The highest BCUT2D eigenvalue weighted by Gasteiger charge is 2.38. The van der Waals surface area contributed by atoms with Crippen LogP contribution in [0.1, 0.15) is 36.0 Å². The van der Waals surface area contributed by atoms with Gasteiger partial charge >= 0.3 is 0 Å². The smallest absolute Gasteiger partial charge is 0.251 e. The van der Waals surface area contributed by atoms with Crippen molar-refractivity contribution in [3.8, 4) is 11.3 Å². The fraction of sp³-hybridized carbons (Fsp3) is 0.444. The van der Waals surface area contributed by atoms with Crippen molar-refractivity contribution in [3.63, 3.8) is 0 Å². The molecular weight excluding hydrogens is 290 g/mol. The summed E-state index contributed by atoms with van der Waals surface area (Å²) in [5, 5.41) is 3.21. The van der Waals surface area contributed by atoms with Gasteiger partial charge in [-0.1, -0.05) is 12.1 Å². The van der Waals surface area contributed by atoms with E-state index in [0.717, 1.165) is 18.4 Å². The molecular formula is C18H21N3O2. The first-order chi connectivity index (χ1) is 11.2. The van der Waals surface area contributed by atoms with Crippen LogP contribution in [-0.4, -0.2) is 41.0 Å². The lowest BCUT2D eigenvalue weighted by Crippen LogP contribution is -2.48. The standard InChI is InChI=1S/C18H21N3O2/c1-21-15-6-7-16(21)9-14(8-15)20-18(22)13-4-2-12(3-5-13)17-10-19-11-23-17/h2-5,10-11,14-16H,6-9H2,1H3,(H,20,22). The van der Waals surface area contributed by atoms with Gasteiger partial charge in [0.1, 0.15) is 0 Å². The molecule has 0 radical (unpaired) electrons. The van der Waals surface area contributed by atoms with Crippen LogP contribution in [0.3, 0.4) is 0 Å². The van der Waals surface area contributed by atoms with Crippen molar-refractivity contribution in [2.45, 2.75) is 43.8 Å². The molecule has 1 aromatic carbocycles. The van der Waals surface area contributed by atoms with Crippen LogP contribution < -0.4 is 5.32 Å². The number of piperidine rings is 1. The number of oxazole rings is 1. The van der Waals surface area contributed by atoms with Gasteiger partial charge in [0.2, 0.25) is 0 Å². The van der Waals surface area contributed by atoms with Crippen molar-refractivity contribution >= 4 is 5.91 Å². The molecule has 0 spiro atoms. The molecule has 2 atom stereocenters. The number of rotatable bonds is 3. The molecule has 0 saturated carbocycles. The molecule has 2 bridgehead atoms. The third-order valence-electron chi connectivity index (χ3n) is 5.30. The lowest BCUT2D eigenvalue weighted by atomic mass is 9.97. The molecule has 120 valence electrons. The summed E-state index contributed by atoms with van der Waals surface area (Å²) in [6.45, 7) is 0. The SMILES string of the molecule is CN1C2CCC1CC(NC(=O)c1ccc(-c3cnco3)cc1)C2. The quantitative estimate of drug-likeness (QED) is 0.947. The van der Waals surface area contributed by atoms with Gasteiger partial charge in [-0.25, -0.2) is 4.98 Å². The van der Waals surface area contributed by atoms with Crippen molar-refractivity contribution in [2.24, 2.45) is 0 Å². The van der Waals surface area contributed by atoms with Gasteiger partial charge in [-0.2, -0.15) is 0 Å². The van der Waals surface area contributed by atoms with E-state index in [4.69, 9.17) is 4.42 Å². The summed E-state index contributed by atoms with van der Waals surface area (Å²) >= 11 is 0. The Labute approximate surface area is 135 Å². The zero-order valence-electron chi connectivity index (χ0n) is 13.2. The maximum absolute atomic E-state index is 12.5. The fourth-order valence-corrected chi connectivity index (χ4v) is 3.94. The molecule has 4 rings (SSSR count). The summed E-state index contributed by atoms with van der Waals surface area (Å²) < 4.78 is 5.27. The molecule has 2 aliphatic heterocycles. The maximum Gasteiger partial charge on any atom is 0.251 e. The Morgan fingerprint density at radius 1 is 1.22 bits per heavy atom. The predicted molar refractivity (Wildman–Crippen MR) is 87.0 cm³/mol. The number of carbonyl (C=O) groups is 1. The summed E-state index contributed by atoms with van der Waals surface area (Å²) in [6, 6.07) is 9.04. The number of benzene rings is 1. The largest absolute Gasteiger partial charge is 0.444 e. The van der Waals surface area contributed by atoms with E-state index in [0.29, 0.717) is 29.4 Å². The van der Waals surface area contributed by atoms with Gasteiger partial charge < -0.3 is 14.6 Å². The number of carbonyl (C=O) groups excluding carboxylic acids is 1. The topological polar surface area (TPSA) is 58.4 Å². The molecule has 5 heteroatoms. The molecule has 2 fully saturated rings. The van der Waals surface area contributed by atoms with Gasteiger partial charge in [0.25, 0.3) is 5.91 Å². The predicted octanol–water partition coefficient (Wildman–Crippen LogP) is 2.70. The molecule has 23 heavy (non-hydrogen) atoms. The monoisotopic (exact) mass is 311 g/mol. The number of fused-ring (bicyclic) bond motifs is 2. The van der Waals surface area contributed by atoms with E-state index >= 15 is 0 Å². The molecule has 2 aromatic rings. The van der Waals surface area contributed by atoms with Gasteiger partial charge in [0.05, 0.1) is 6.20 Å². The van der Waals surface area contributed by atoms with Crippen molar-refractivity contribution in [3.05, 3.63) is 42.4 Å². The first kappa shape index (κ1) is 14.5. The van der Waals surface area contributed by atoms with Crippen LogP contribution in [0.4, 0.5) is 0 Å². The molecule has 0 aliphatic carbocycles. The first-order valence-electron chi connectivity index (χ1n) is 8.22. The van der Waals surface area contributed by atoms with Crippen molar-refractivity contribution in [1.29, 1.82) is 0 Å². The first-order valence-corrected chi connectivity index (χ1v) is 8.22. The van der Waals surface area contributed by atoms with Crippen LogP contribution in [0.5, 0.6) is 0 Å². The number of amides is 1. The molecule has 5 nitrogen and oxygen atoms in total. The van der Waals surface area contributed by atoms with Crippen LogP contribution in [0, 0.1) is 0 Å². The van der Waals surface area contributed by atoms with Crippen molar-refractivity contribution in [2.75, 3.05) is 7.05 Å². The Kier molecular flexibility index (Phi) is 3.65. The summed E-state index contributed by atoms with van der Waals surface area (Å²) in [7, 11) is 2.21. The van der Waals surface area contributed by atoms with E-state index in [-0.39, 0.29) is 5.91 Å². The second-order valence-corrected chi connectivity index (χ2v) is 6.64. The van der Waals surface area contributed by atoms with Gasteiger partial charge in [-0.15, -0.1) is 0 Å². The summed E-state index contributed by atoms with van der Waals surface area (Å²) in [5.74, 6) is 0.729. The Morgan fingerprint density at radius 2 is 1.91 bits per heavy atom. The lowest BCUT2D eigenvalue weighted by Gasteiger charge is -2.36. The van der Waals surface area contributed by atoms with E-state index in [1.807, 2.05) is 24.3 Å². The third kappa shape index (κ3) is 2.77. The zero-order valence-corrected chi connectivity index (χ0v) is 13.2. The average molecular weight is 311 g/mol. The minimum Gasteiger partial charge on any atom is -0.444 e. The average Bonchev–Trinajstić information content (AvgIpc) is 3.15. The van der Waals surface area contributed by atoms with E-state index in [1.165, 1.54) is 19.2 Å². The highest BCUT2D eigenvalue weighted by atomic mass is 16.3. The molecule has 2 saturated heterocycles. The van der Waals surface area contributed by atoms with Crippen LogP contribution in [0.2, 0.25) is 0 Å². The Hall–Kier alpha value is -2.14. The van der Waals surface area contributed by atoms with Gasteiger partial charge in [-0.05, 0) is 44.9 Å². The number of nitrogens with zero attached hydrogens (tertiary/aromatic N) is 2. The van der Waals surface area contributed by atoms with Crippen molar-refractivity contribution < 1.29 is 9.21 Å². The van der Waals surface area contributed by atoms with Crippen LogP contribution >= 0.6 is 0 Å². The van der Waals surface area contributed by atoms with Crippen LogP contribution in [0.15, 0.2) is 41.3 Å². The van der Waals surface area contributed by atoms with E-state index in [2.05, 4.69) is 22.2 Å². The second kappa shape index (κ2) is 5.81. The van der Waals surface area contributed by atoms with E-state index in [9.17, 15) is 4.79 Å². The molecule has 2 aliphatic rings. The number of nitrogens with one attached hydrogen (secondary N) is 1. The third-order valence-corrected chi connectivity index (χ3v) is 5.30. The minimum atomic E-state index is 0.0167. The molecule has 1 aromatic heterocycles. The molecule has 3 heterocycles. The van der Waals surface area contributed by atoms with Crippen LogP contribution in [-0.2, 0) is 0 Å². The highest BCUT2D eigenvalue weighted by Crippen LogP contribution is 2.34. The Morgan fingerprint density at radius 3 is 2.52 bits per heavy atom. The molecule has 2 unspecified atom stereocenters.